The van der Waals surface area contributed by atoms with Gasteiger partial charge in [-0.15, -0.1) is 0 Å². The Morgan fingerprint density at radius 1 is 1.19 bits per heavy atom. The van der Waals surface area contributed by atoms with E-state index in [2.05, 4.69) is 15.9 Å². The number of benzene rings is 2. The molecule has 2 aromatic carbocycles. The number of hydrogen-bond acceptors (Lipinski definition) is 2. The van der Waals surface area contributed by atoms with Crippen LogP contribution in [0.3, 0.4) is 0 Å². The van der Waals surface area contributed by atoms with E-state index < -0.39 is 17.5 Å². The molecular formula is C14H10BrF3N2O. The minimum Gasteiger partial charge on any atom is -0.486 e. The zero-order valence-corrected chi connectivity index (χ0v) is 12.2. The predicted octanol–water partition coefficient (Wildman–Crippen LogP) is 3.73. The van der Waals surface area contributed by atoms with Crippen molar-refractivity contribution in [3.05, 3.63) is 63.4 Å². The Balaban J connectivity index is 2.27. The largest absolute Gasteiger partial charge is 0.486 e. The number of nitrogens with two attached hydrogens (primary N) is 1. The van der Waals surface area contributed by atoms with Gasteiger partial charge in [-0.25, -0.2) is 8.78 Å². The van der Waals surface area contributed by atoms with Crippen LogP contribution in [0.4, 0.5) is 13.2 Å². The summed E-state index contributed by atoms with van der Waals surface area (Å²) in [6, 6.07) is 5.87. The van der Waals surface area contributed by atoms with Crippen molar-refractivity contribution in [3.63, 3.8) is 0 Å². The first-order chi connectivity index (χ1) is 9.88. The molecule has 2 aromatic rings. The summed E-state index contributed by atoms with van der Waals surface area (Å²) < 4.78 is 45.4. The zero-order chi connectivity index (χ0) is 15.6. The molecule has 0 saturated heterocycles. The molecule has 3 N–H and O–H groups in total. The van der Waals surface area contributed by atoms with Crippen LogP contribution in [0, 0.1) is 22.9 Å². The summed E-state index contributed by atoms with van der Waals surface area (Å²) >= 11 is 3.03. The summed E-state index contributed by atoms with van der Waals surface area (Å²) in [5, 5.41) is 7.38. The van der Waals surface area contributed by atoms with Gasteiger partial charge in [-0.3, -0.25) is 5.41 Å². The van der Waals surface area contributed by atoms with Crippen molar-refractivity contribution in [2.24, 2.45) is 5.73 Å². The predicted molar refractivity (Wildman–Crippen MR) is 75.8 cm³/mol. The van der Waals surface area contributed by atoms with Gasteiger partial charge in [0.25, 0.3) is 0 Å². The third-order valence-corrected chi connectivity index (χ3v) is 3.16. The van der Waals surface area contributed by atoms with E-state index in [-0.39, 0.29) is 23.8 Å². The van der Waals surface area contributed by atoms with Gasteiger partial charge < -0.3 is 10.5 Å². The quantitative estimate of drug-likeness (QED) is 0.497. The molecule has 2 rings (SSSR count). The van der Waals surface area contributed by atoms with Crippen molar-refractivity contribution in [2.45, 2.75) is 6.61 Å². The van der Waals surface area contributed by atoms with Crippen LogP contribution in [0.2, 0.25) is 0 Å². The van der Waals surface area contributed by atoms with Crippen LogP contribution < -0.4 is 10.5 Å². The molecule has 3 nitrogen and oxygen atoms in total. The van der Waals surface area contributed by atoms with Gasteiger partial charge >= 0.3 is 0 Å². The van der Waals surface area contributed by atoms with E-state index >= 15 is 0 Å². The van der Waals surface area contributed by atoms with Crippen LogP contribution in [0.5, 0.6) is 5.75 Å². The molecule has 0 aliphatic heterocycles. The fourth-order valence-corrected chi connectivity index (χ4v) is 2.13. The van der Waals surface area contributed by atoms with Crippen molar-refractivity contribution in [1.82, 2.24) is 0 Å². The lowest BCUT2D eigenvalue weighted by Gasteiger charge is -2.11. The Morgan fingerprint density at radius 2 is 1.90 bits per heavy atom. The minimum absolute atomic E-state index is 0.144. The van der Waals surface area contributed by atoms with Crippen molar-refractivity contribution in [2.75, 3.05) is 0 Å². The summed E-state index contributed by atoms with van der Waals surface area (Å²) in [5.74, 6) is -3.35. The number of ether oxygens (including phenoxy) is 1. The second-order valence-electron chi connectivity index (χ2n) is 4.20. The molecule has 0 radical (unpaired) electrons. The summed E-state index contributed by atoms with van der Waals surface area (Å²) in [6.07, 6.45) is 0. The van der Waals surface area contributed by atoms with Gasteiger partial charge in [-0.1, -0.05) is 22.0 Å². The molecule has 0 atom stereocenters. The molecule has 0 amide bonds. The number of halogens is 4. The Morgan fingerprint density at radius 3 is 2.57 bits per heavy atom. The highest BCUT2D eigenvalue weighted by molar-refractivity contribution is 9.10. The third-order valence-electron chi connectivity index (χ3n) is 2.70. The normalized spacial score (nSPS) is 10.5. The molecule has 0 aromatic heterocycles. The highest BCUT2D eigenvalue weighted by Crippen LogP contribution is 2.26. The topological polar surface area (TPSA) is 59.1 Å². The molecule has 0 bridgehead atoms. The molecule has 0 saturated carbocycles. The van der Waals surface area contributed by atoms with Gasteiger partial charge in [-0.2, -0.15) is 4.39 Å². The summed E-state index contributed by atoms with van der Waals surface area (Å²) in [6.45, 7) is -0.179. The van der Waals surface area contributed by atoms with E-state index in [4.69, 9.17) is 15.9 Å². The fraction of sp³-hybridized carbons (Fsp3) is 0.0714. The molecule has 0 unspecified atom stereocenters. The summed E-state index contributed by atoms with van der Waals surface area (Å²) in [5.41, 5.74) is 5.89. The summed E-state index contributed by atoms with van der Waals surface area (Å²) in [7, 11) is 0. The van der Waals surface area contributed by atoms with E-state index in [1.54, 1.807) is 0 Å². The number of amidine groups is 1. The number of nitrogen functional groups attached to an aromatic ring is 1. The standard InChI is InChI=1S/C14H10BrF3N2O/c15-8-3-11(17)13(18)12(4-8)21-6-7-1-2-9(16)5-10(7)14(19)20/h1-5H,6H2,(H3,19,20). The third kappa shape index (κ3) is 3.55. The van der Waals surface area contributed by atoms with E-state index in [1.807, 2.05) is 0 Å². The lowest BCUT2D eigenvalue weighted by molar-refractivity contribution is 0.284. The van der Waals surface area contributed by atoms with Crippen molar-refractivity contribution < 1.29 is 17.9 Å². The highest BCUT2D eigenvalue weighted by atomic mass is 79.9. The van der Waals surface area contributed by atoms with E-state index in [1.165, 1.54) is 18.2 Å². The Labute approximate surface area is 127 Å². The average molecular weight is 359 g/mol. The van der Waals surface area contributed by atoms with Crippen LogP contribution in [0.25, 0.3) is 0 Å². The molecule has 0 heterocycles. The fourth-order valence-electron chi connectivity index (χ4n) is 1.72. The molecule has 21 heavy (non-hydrogen) atoms. The Hall–Kier alpha value is -2.02. The number of rotatable bonds is 4. The second-order valence-corrected chi connectivity index (χ2v) is 5.12. The molecule has 0 aliphatic rings. The van der Waals surface area contributed by atoms with Gasteiger partial charge in [0, 0.05) is 15.6 Å². The van der Waals surface area contributed by atoms with E-state index in [0.717, 1.165) is 12.1 Å². The van der Waals surface area contributed by atoms with Gasteiger partial charge in [0.2, 0.25) is 5.82 Å². The highest BCUT2D eigenvalue weighted by Gasteiger charge is 2.13. The maximum Gasteiger partial charge on any atom is 0.200 e. The molecule has 0 fully saturated rings. The van der Waals surface area contributed by atoms with Crippen LogP contribution >= 0.6 is 15.9 Å². The first kappa shape index (κ1) is 15.4. The van der Waals surface area contributed by atoms with Crippen LogP contribution in [0.15, 0.2) is 34.8 Å². The average Bonchev–Trinajstić information content (AvgIpc) is 2.42. The molecule has 0 spiro atoms. The van der Waals surface area contributed by atoms with Crippen molar-refractivity contribution in [3.8, 4) is 5.75 Å². The summed E-state index contributed by atoms with van der Waals surface area (Å²) in [4.78, 5) is 0. The smallest absolute Gasteiger partial charge is 0.200 e. The minimum atomic E-state index is -1.12. The Kier molecular flexibility index (Phi) is 4.52. The molecule has 110 valence electrons. The van der Waals surface area contributed by atoms with Crippen LogP contribution in [0.1, 0.15) is 11.1 Å². The first-order valence-corrected chi connectivity index (χ1v) is 6.58. The van der Waals surface area contributed by atoms with Gasteiger partial charge in [0.1, 0.15) is 18.3 Å². The number of nitrogens with one attached hydrogen (secondary N) is 1. The van der Waals surface area contributed by atoms with Gasteiger partial charge in [0.05, 0.1) is 0 Å². The first-order valence-electron chi connectivity index (χ1n) is 5.78. The molecule has 0 aliphatic carbocycles. The van der Waals surface area contributed by atoms with Crippen LogP contribution in [-0.4, -0.2) is 5.84 Å². The second kappa shape index (κ2) is 6.17. The zero-order valence-electron chi connectivity index (χ0n) is 10.6. The SMILES string of the molecule is N=C(N)c1cc(F)ccc1COc1cc(Br)cc(F)c1F. The van der Waals surface area contributed by atoms with Gasteiger partial charge in [-0.05, 0) is 24.3 Å². The lowest BCUT2D eigenvalue weighted by Crippen LogP contribution is -2.15. The van der Waals surface area contributed by atoms with Crippen LogP contribution in [-0.2, 0) is 6.61 Å². The maximum absolute atomic E-state index is 13.6. The Bertz CT molecular complexity index is 707. The van der Waals surface area contributed by atoms with E-state index in [9.17, 15) is 13.2 Å². The van der Waals surface area contributed by atoms with Crippen molar-refractivity contribution in [1.29, 1.82) is 5.41 Å². The molecular weight excluding hydrogens is 349 g/mol. The van der Waals surface area contributed by atoms with Gasteiger partial charge in [0.15, 0.2) is 11.6 Å². The maximum atomic E-state index is 13.6. The molecule has 7 heteroatoms. The van der Waals surface area contributed by atoms with Crippen molar-refractivity contribution >= 4 is 21.8 Å². The number of hydrogen-bond donors (Lipinski definition) is 2. The lowest BCUT2D eigenvalue weighted by atomic mass is 10.1. The van der Waals surface area contributed by atoms with E-state index in [0.29, 0.717) is 10.0 Å². The monoisotopic (exact) mass is 358 g/mol.